The minimum Gasteiger partial charge on any atom is -0.480 e. The number of unbranched alkanes of at least 4 members (excludes halogenated alkanes) is 1. The summed E-state index contributed by atoms with van der Waals surface area (Å²) in [5.41, 5.74) is 0.561. The van der Waals surface area contributed by atoms with E-state index < -0.39 is 23.5 Å². The van der Waals surface area contributed by atoms with Gasteiger partial charge in [0.25, 0.3) is 0 Å². The number of hydrogen-bond acceptors (Lipinski definition) is 9. The molecule has 5 rings (SSSR count). The lowest BCUT2D eigenvalue weighted by atomic mass is 9.84. The molecular formula is C26H34N6O6. The first kappa shape index (κ1) is 26.1. The van der Waals surface area contributed by atoms with E-state index in [-0.39, 0.29) is 43.6 Å². The monoisotopic (exact) mass is 526 g/mol. The van der Waals surface area contributed by atoms with Gasteiger partial charge in [-0.1, -0.05) is 6.07 Å². The molecule has 1 saturated carbocycles. The molecule has 2 aliphatic heterocycles. The molecule has 2 amide bonds. The number of fused-ring (bicyclic) bond motifs is 1. The van der Waals surface area contributed by atoms with Crippen LogP contribution in [0.2, 0.25) is 0 Å². The summed E-state index contributed by atoms with van der Waals surface area (Å²) < 4.78 is 5.35. The van der Waals surface area contributed by atoms with Crippen LogP contribution < -0.4 is 10.6 Å². The predicted molar refractivity (Wildman–Crippen MR) is 135 cm³/mol. The Labute approximate surface area is 220 Å². The second kappa shape index (κ2) is 11.1. The summed E-state index contributed by atoms with van der Waals surface area (Å²) in [5, 5.41) is 34.1. The maximum atomic E-state index is 12.7. The topological polar surface area (TPSA) is 171 Å². The van der Waals surface area contributed by atoms with Gasteiger partial charge in [-0.15, -0.1) is 10.2 Å². The van der Waals surface area contributed by atoms with E-state index in [1.54, 1.807) is 4.90 Å². The molecule has 0 bridgehead atoms. The average molecular weight is 527 g/mol. The Morgan fingerprint density at radius 3 is 2.71 bits per heavy atom. The molecule has 4 N–H and O–H groups in total. The number of likely N-dealkylation sites (tertiary alicyclic amines) is 1. The van der Waals surface area contributed by atoms with E-state index in [9.17, 15) is 24.6 Å². The van der Waals surface area contributed by atoms with Crippen molar-refractivity contribution in [2.45, 2.75) is 81.8 Å². The van der Waals surface area contributed by atoms with Crippen LogP contribution in [0.3, 0.4) is 0 Å². The Balaban J connectivity index is 1.07. The maximum Gasteiger partial charge on any atom is 0.329 e. The van der Waals surface area contributed by atoms with E-state index >= 15 is 0 Å². The maximum absolute atomic E-state index is 12.7. The standard InChI is InChI=1S/C26H34N6O6/c33-19(6-2-1-5-18-10-9-16-4-3-13-27-21(16)28-18)32-14-11-26(37,12-15-32)20(25(35)36)29-22(34)24-31-30-23(38-24)17-7-8-17/h9-10,17,20,37H,1-8,11-15H2,(H,27,28)(H,29,34)(H,35,36). The van der Waals surface area contributed by atoms with Crippen LogP contribution in [0.1, 0.15) is 85.1 Å². The van der Waals surface area contributed by atoms with Crippen molar-refractivity contribution >= 4 is 23.6 Å². The highest BCUT2D eigenvalue weighted by molar-refractivity contribution is 5.93. The number of hydrogen-bond donors (Lipinski definition) is 4. The number of nitrogens with zero attached hydrogens (tertiary/aromatic N) is 4. The number of rotatable bonds is 10. The number of aliphatic hydroxyl groups is 1. The summed E-state index contributed by atoms with van der Waals surface area (Å²) in [4.78, 5) is 43.6. The molecule has 4 heterocycles. The van der Waals surface area contributed by atoms with Crippen LogP contribution in [0.25, 0.3) is 0 Å². The van der Waals surface area contributed by atoms with Crippen molar-refractivity contribution in [3.63, 3.8) is 0 Å². The zero-order valence-corrected chi connectivity index (χ0v) is 21.3. The molecule has 3 aliphatic rings. The van der Waals surface area contributed by atoms with Crippen LogP contribution in [0.15, 0.2) is 16.5 Å². The molecule has 2 fully saturated rings. The van der Waals surface area contributed by atoms with Crippen molar-refractivity contribution in [2.24, 2.45) is 0 Å². The summed E-state index contributed by atoms with van der Waals surface area (Å²) in [6.07, 6.45) is 6.78. The number of nitrogens with one attached hydrogen (secondary N) is 2. The smallest absolute Gasteiger partial charge is 0.329 e. The molecule has 12 heteroatoms. The van der Waals surface area contributed by atoms with Gasteiger partial charge in [-0.25, -0.2) is 9.78 Å². The molecule has 38 heavy (non-hydrogen) atoms. The number of carbonyl (C=O) groups excluding carboxylic acids is 2. The number of anilines is 1. The number of piperidine rings is 1. The van der Waals surface area contributed by atoms with Crippen molar-refractivity contribution in [1.29, 1.82) is 0 Å². The molecule has 0 radical (unpaired) electrons. The minimum atomic E-state index is -1.70. The average Bonchev–Trinajstić information content (AvgIpc) is 3.65. The lowest BCUT2D eigenvalue weighted by Crippen LogP contribution is -2.61. The molecule has 2 aromatic rings. The van der Waals surface area contributed by atoms with Gasteiger partial charge < -0.3 is 30.2 Å². The molecule has 204 valence electrons. The quantitative estimate of drug-likeness (QED) is 0.334. The third-order valence-corrected chi connectivity index (χ3v) is 7.63. The number of aryl methyl sites for hydroxylation is 2. The Bertz CT molecular complexity index is 1190. The van der Waals surface area contributed by atoms with Crippen LogP contribution in [0.5, 0.6) is 0 Å². The van der Waals surface area contributed by atoms with Crippen molar-refractivity contribution in [2.75, 3.05) is 25.0 Å². The van der Waals surface area contributed by atoms with E-state index in [0.717, 1.165) is 56.6 Å². The summed E-state index contributed by atoms with van der Waals surface area (Å²) >= 11 is 0. The number of aromatic nitrogens is 3. The summed E-state index contributed by atoms with van der Waals surface area (Å²) in [6.45, 7) is 1.36. The highest BCUT2D eigenvalue weighted by Gasteiger charge is 2.46. The largest absolute Gasteiger partial charge is 0.480 e. The van der Waals surface area contributed by atoms with Crippen LogP contribution >= 0.6 is 0 Å². The number of pyridine rings is 1. The van der Waals surface area contributed by atoms with Gasteiger partial charge >= 0.3 is 17.8 Å². The highest BCUT2D eigenvalue weighted by atomic mass is 16.4. The fourth-order valence-corrected chi connectivity index (χ4v) is 5.12. The van der Waals surface area contributed by atoms with Crippen LogP contribution in [0.4, 0.5) is 5.82 Å². The third-order valence-electron chi connectivity index (χ3n) is 7.63. The summed E-state index contributed by atoms with van der Waals surface area (Å²) in [5.74, 6) is -1.06. The van der Waals surface area contributed by atoms with Crippen molar-refractivity contribution < 1.29 is 29.0 Å². The molecular weight excluding hydrogens is 492 g/mol. The molecule has 0 aromatic carbocycles. The van der Waals surface area contributed by atoms with Crippen LogP contribution in [0, 0.1) is 0 Å². The van der Waals surface area contributed by atoms with Gasteiger partial charge in [0.2, 0.25) is 11.8 Å². The Kier molecular flexibility index (Phi) is 7.59. The normalized spacial score (nSPS) is 19.2. The lowest BCUT2D eigenvalue weighted by molar-refractivity contribution is -0.151. The summed E-state index contributed by atoms with van der Waals surface area (Å²) in [6, 6.07) is 2.62. The van der Waals surface area contributed by atoms with Gasteiger partial charge in [0.05, 0.1) is 5.60 Å². The number of carboxylic acids is 1. The van der Waals surface area contributed by atoms with Gasteiger partial charge in [0.15, 0.2) is 6.04 Å². The lowest BCUT2D eigenvalue weighted by Gasteiger charge is -2.41. The third kappa shape index (κ3) is 5.95. The highest BCUT2D eigenvalue weighted by Crippen LogP contribution is 2.39. The molecule has 1 unspecified atom stereocenters. The Hall–Kier alpha value is -3.54. The zero-order valence-electron chi connectivity index (χ0n) is 21.3. The molecule has 2 aromatic heterocycles. The summed E-state index contributed by atoms with van der Waals surface area (Å²) in [7, 11) is 0. The van der Waals surface area contributed by atoms with E-state index in [2.05, 4.69) is 33.0 Å². The number of amides is 2. The molecule has 1 atom stereocenters. The predicted octanol–water partition coefficient (Wildman–Crippen LogP) is 1.65. The van der Waals surface area contributed by atoms with E-state index in [0.29, 0.717) is 18.7 Å². The van der Waals surface area contributed by atoms with Crippen molar-refractivity contribution in [3.8, 4) is 0 Å². The van der Waals surface area contributed by atoms with Crippen molar-refractivity contribution in [1.82, 2.24) is 25.4 Å². The van der Waals surface area contributed by atoms with Crippen molar-refractivity contribution in [3.05, 3.63) is 35.2 Å². The zero-order chi connectivity index (χ0) is 26.7. The first-order valence-electron chi connectivity index (χ1n) is 13.4. The molecule has 0 spiro atoms. The first-order valence-corrected chi connectivity index (χ1v) is 13.4. The molecule has 12 nitrogen and oxygen atoms in total. The Morgan fingerprint density at radius 2 is 1.97 bits per heavy atom. The van der Waals surface area contributed by atoms with Crippen LogP contribution in [-0.2, 0) is 22.4 Å². The van der Waals surface area contributed by atoms with Gasteiger partial charge in [-0.3, -0.25) is 9.59 Å². The van der Waals surface area contributed by atoms with Gasteiger partial charge in [-0.2, -0.15) is 0 Å². The molecule has 1 aliphatic carbocycles. The van der Waals surface area contributed by atoms with Crippen LogP contribution in [-0.4, -0.2) is 79.4 Å². The second-order valence-electron chi connectivity index (χ2n) is 10.5. The number of carboxylic acid groups (broad SMARTS) is 1. The van der Waals surface area contributed by atoms with E-state index in [1.165, 1.54) is 5.56 Å². The fraction of sp³-hybridized carbons (Fsp3) is 0.615. The number of carbonyl (C=O) groups is 3. The number of aliphatic carboxylic acids is 1. The van der Waals surface area contributed by atoms with Gasteiger partial charge in [-0.05, 0) is 69.4 Å². The second-order valence-corrected chi connectivity index (χ2v) is 10.5. The fourth-order valence-electron chi connectivity index (χ4n) is 5.12. The van der Waals surface area contributed by atoms with E-state index in [1.807, 2.05) is 0 Å². The molecule has 1 saturated heterocycles. The first-order chi connectivity index (χ1) is 18.3. The minimum absolute atomic E-state index is 0.0264. The Morgan fingerprint density at radius 1 is 1.18 bits per heavy atom. The SMILES string of the molecule is O=C(NC(C(=O)O)C1(O)CCN(C(=O)CCCCc2ccc3c(n2)NCCC3)CC1)c1nnc(C2CC2)o1. The van der Waals surface area contributed by atoms with Gasteiger partial charge in [0, 0.05) is 37.7 Å². The van der Waals surface area contributed by atoms with Gasteiger partial charge in [0.1, 0.15) is 5.82 Å². The van der Waals surface area contributed by atoms with E-state index in [4.69, 9.17) is 9.40 Å².